The number of fused-ring (bicyclic) bond motifs is 3. The summed E-state index contributed by atoms with van der Waals surface area (Å²) in [5.41, 5.74) is 0.667. The minimum Gasteiger partial charge on any atom is -0.276 e. The van der Waals surface area contributed by atoms with Gasteiger partial charge in [0.1, 0.15) is 5.65 Å². The lowest BCUT2D eigenvalue weighted by atomic mass is 10.2. The molecule has 0 aliphatic rings. The van der Waals surface area contributed by atoms with Crippen LogP contribution in [0.15, 0.2) is 42.7 Å². The fourth-order valence-corrected chi connectivity index (χ4v) is 1.70. The Hall–Kier alpha value is -1.90. The first-order valence-corrected chi connectivity index (χ1v) is 4.36. The van der Waals surface area contributed by atoms with Gasteiger partial charge in [-0.05, 0) is 11.5 Å². The summed E-state index contributed by atoms with van der Waals surface area (Å²) in [6.07, 6.45) is 3.22. The van der Waals surface area contributed by atoms with Crippen molar-refractivity contribution in [3.63, 3.8) is 0 Å². The Morgan fingerprint density at radius 3 is 3.00 bits per heavy atom. The second-order valence-corrected chi connectivity index (χ2v) is 3.18. The third-order valence-corrected chi connectivity index (χ3v) is 2.35. The van der Waals surface area contributed by atoms with Gasteiger partial charge in [-0.1, -0.05) is 24.3 Å². The topological polar surface area (TPSA) is 17.3 Å². The zero-order valence-electron chi connectivity index (χ0n) is 7.31. The van der Waals surface area contributed by atoms with Crippen LogP contribution in [0, 0.1) is 5.95 Å². The van der Waals surface area contributed by atoms with Gasteiger partial charge in [0.15, 0.2) is 5.95 Å². The summed E-state index contributed by atoms with van der Waals surface area (Å²) in [4.78, 5) is 4.13. The van der Waals surface area contributed by atoms with Crippen LogP contribution in [0.3, 0.4) is 0 Å². The summed E-state index contributed by atoms with van der Waals surface area (Å²) in [6.45, 7) is 0. The van der Waals surface area contributed by atoms with Crippen LogP contribution in [0.1, 0.15) is 0 Å². The van der Waals surface area contributed by atoms with E-state index in [1.165, 1.54) is 10.5 Å². The number of benzene rings is 1. The normalized spacial score (nSPS) is 11.2. The molecule has 0 atom stereocenters. The van der Waals surface area contributed by atoms with Crippen LogP contribution in [0.4, 0.5) is 4.39 Å². The quantitative estimate of drug-likeness (QED) is 0.493. The molecular formula is C11H7FN2. The standard InChI is InChI=1S/C11H7FN2/c12-10-7-8-3-1-2-4-9(8)11-13-5-6-14(10)11/h1-7H. The summed E-state index contributed by atoms with van der Waals surface area (Å²) >= 11 is 0. The van der Waals surface area contributed by atoms with Gasteiger partial charge in [-0.3, -0.25) is 4.40 Å². The molecule has 2 nitrogen and oxygen atoms in total. The Labute approximate surface area is 79.6 Å². The highest BCUT2D eigenvalue weighted by Gasteiger charge is 2.05. The maximum Gasteiger partial charge on any atom is 0.200 e. The molecule has 68 valence electrons. The van der Waals surface area contributed by atoms with Crippen molar-refractivity contribution < 1.29 is 4.39 Å². The molecule has 0 fully saturated rings. The van der Waals surface area contributed by atoms with E-state index in [9.17, 15) is 4.39 Å². The zero-order valence-corrected chi connectivity index (χ0v) is 7.31. The molecule has 0 bridgehead atoms. The number of aromatic nitrogens is 2. The molecule has 3 aromatic rings. The summed E-state index contributed by atoms with van der Waals surface area (Å²) in [7, 11) is 0. The number of rotatable bonds is 0. The van der Waals surface area contributed by atoms with Gasteiger partial charge in [0, 0.05) is 17.8 Å². The Morgan fingerprint density at radius 1 is 1.21 bits per heavy atom. The predicted molar refractivity (Wildman–Crippen MR) is 52.7 cm³/mol. The van der Waals surface area contributed by atoms with Gasteiger partial charge in [0.05, 0.1) is 0 Å². The molecule has 2 heterocycles. The molecule has 14 heavy (non-hydrogen) atoms. The van der Waals surface area contributed by atoms with Crippen molar-refractivity contribution in [1.29, 1.82) is 0 Å². The molecule has 1 aromatic carbocycles. The average molecular weight is 186 g/mol. The Kier molecular flexibility index (Phi) is 1.36. The molecular weight excluding hydrogens is 179 g/mol. The van der Waals surface area contributed by atoms with Crippen LogP contribution in [-0.4, -0.2) is 9.38 Å². The number of nitrogens with zero attached hydrogens (tertiary/aromatic N) is 2. The van der Waals surface area contributed by atoms with E-state index in [0.717, 1.165) is 10.8 Å². The number of imidazole rings is 1. The highest BCUT2D eigenvalue weighted by molar-refractivity contribution is 5.93. The Balaban J connectivity index is 2.66. The highest BCUT2D eigenvalue weighted by atomic mass is 19.1. The van der Waals surface area contributed by atoms with Crippen LogP contribution in [0.25, 0.3) is 16.4 Å². The summed E-state index contributed by atoms with van der Waals surface area (Å²) in [5.74, 6) is -0.281. The number of halogens is 1. The van der Waals surface area contributed by atoms with E-state index >= 15 is 0 Å². The van der Waals surface area contributed by atoms with E-state index in [-0.39, 0.29) is 5.95 Å². The Morgan fingerprint density at radius 2 is 2.07 bits per heavy atom. The van der Waals surface area contributed by atoms with Gasteiger partial charge >= 0.3 is 0 Å². The second kappa shape index (κ2) is 2.54. The maximum atomic E-state index is 13.5. The van der Waals surface area contributed by atoms with Crippen molar-refractivity contribution in [2.75, 3.05) is 0 Å². The average Bonchev–Trinajstić information content (AvgIpc) is 2.67. The van der Waals surface area contributed by atoms with Gasteiger partial charge in [-0.2, -0.15) is 4.39 Å². The fourth-order valence-electron chi connectivity index (χ4n) is 1.70. The van der Waals surface area contributed by atoms with Gasteiger partial charge in [0.2, 0.25) is 0 Å². The zero-order chi connectivity index (χ0) is 9.54. The van der Waals surface area contributed by atoms with Gasteiger partial charge in [-0.15, -0.1) is 0 Å². The molecule has 0 aliphatic heterocycles. The summed E-state index contributed by atoms with van der Waals surface area (Å²) < 4.78 is 14.9. The lowest BCUT2D eigenvalue weighted by Crippen LogP contribution is -1.91. The largest absolute Gasteiger partial charge is 0.276 e. The highest BCUT2D eigenvalue weighted by Crippen LogP contribution is 2.19. The third kappa shape index (κ3) is 0.865. The Bertz CT molecular complexity index is 613. The first-order chi connectivity index (χ1) is 6.86. The molecule has 0 radical (unpaired) electrons. The van der Waals surface area contributed by atoms with E-state index < -0.39 is 0 Å². The van der Waals surface area contributed by atoms with E-state index in [0.29, 0.717) is 5.65 Å². The van der Waals surface area contributed by atoms with Crippen LogP contribution < -0.4 is 0 Å². The molecule has 0 saturated heterocycles. The molecule has 3 heteroatoms. The van der Waals surface area contributed by atoms with Gasteiger partial charge < -0.3 is 0 Å². The van der Waals surface area contributed by atoms with Gasteiger partial charge in [0.25, 0.3) is 0 Å². The van der Waals surface area contributed by atoms with E-state index in [1.807, 2.05) is 24.3 Å². The van der Waals surface area contributed by atoms with Crippen molar-refractivity contribution in [2.45, 2.75) is 0 Å². The number of pyridine rings is 1. The first-order valence-electron chi connectivity index (χ1n) is 4.36. The second-order valence-electron chi connectivity index (χ2n) is 3.18. The van der Waals surface area contributed by atoms with Crippen molar-refractivity contribution in [3.8, 4) is 0 Å². The number of hydrogen-bond donors (Lipinski definition) is 0. The number of hydrogen-bond acceptors (Lipinski definition) is 1. The molecule has 0 saturated carbocycles. The third-order valence-electron chi connectivity index (χ3n) is 2.35. The van der Waals surface area contributed by atoms with E-state index in [1.54, 1.807) is 12.4 Å². The van der Waals surface area contributed by atoms with Crippen LogP contribution in [0.2, 0.25) is 0 Å². The monoisotopic (exact) mass is 186 g/mol. The molecule has 2 aromatic heterocycles. The summed E-state index contributed by atoms with van der Waals surface area (Å²) in [5, 5.41) is 1.85. The minimum atomic E-state index is -0.281. The predicted octanol–water partition coefficient (Wildman–Crippen LogP) is 2.63. The van der Waals surface area contributed by atoms with Crippen LogP contribution >= 0.6 is 0 Å². The van der Waals surface area contributed by atoms with E-state index in [2.05, 4.69) is 4.98 Å². The molecule has 0 spiro atoms. The molecule has 0 aliphatic carbocycles. The van der Waals surface area contributed by atoms with Gasteiger partial charge in [-0.25, -0.2) is 4.98 Å². The van der Waals surface area contributed by atoms with Crippen molar-refractivity contribution in [1.82, 2.24) is 9.38 Å². The molecule has 0 unspecified atom stereocenters. The lowest BCUT2D eigenvalue weighted by molar-refractivity contribution is 0.570. The smallest absolute Gasteiger partial charge is 0.200 e. The van der Waals surface area contributed by atoms with Crippen molar-refractivity contribution in [3.05, 3.63) is 48.7 Å². The fraction of sp³-hybridized carbons (Fsp3) is 0. The SMILES string of the molecule is Fc1cc2ccccc2c2nccn12. The molecule has 3 rings (SSSR count). The van der Waals surface area contributed by atoms with Crippen molar-refractivity contribution >= 4 is 16.4 Å². The maximum absolute atomic E-state index is 13.5. The van der Waals surface area contributed by atoms with Crippen LogP contribution in [0.5, 0.6) is 0 Å². The lowest BCUT2D eigenvalue weighted by Gasteiger charge is -2.01. The summed E-state index contributed by atoms with van der Waals surface area (Å²) in [6, 6.07) is 9.16. The first kappa shape index (κ1) is 7.50. The van der Waals surface area contributed by atoms with E-state index in [4.69, 9.17) is 0 Å². The minimum absolute atomic E-state index is 0.281. The molecule has 0 amide bonds. The van der Waals surface area contributed by atoms with Crippen molar-refractivity contribution in [2.24, 2.45) is 0 Å². The van der Waals surface area contributed by atoms with Crippen LogP contribution in [-0.2, 0) is 0 Å². The molecule has 0 N–H and O–H groups in total.